The summed E-state index contributed by atoms with van der Waals surface area (Å²) in [7, 11) is 1.41. The summed E-state index contributed by atoms with van der Waals surface area (Å²) in [5.41, 5.74) is 12.8. The fraction of sp³-hybridized carbons (Fsp3) is 0.316. The van der Waals surface area contributed by atoms with E-state index in [1.54, 1.807) is 11.8 Å². The van der Waals surface area contributed by atoms with Gasteiger partial charge < -0.3 is 10.5 Å². The highest BCUT2D eigenvalue weighted by atomic mass is 32.2. The molecule has 0 heterocycles. The smallest absolute Gasteiger partial charge is 0.315 e. The van der Waals surface area contributed by atoms with E-state index >= 15 is 0 Å². The van der Waals surface area contributed by atoms with Crippen molar-refractivity contribution in [3.05, 3.63) is 64.2 Å². The molecular weight excluding hydrogens is 306 g/mol. The van der Waals surface area contributed by atoms with Crippen molar-refractivity contribution in [3.63, 3.8) is 0 Å². The van der Waals surface area contributed by atoms with E-state index in [2.05, 4.69) is 38.1 Å². The fourth-order valence-corrected chi connectivity index (χ4v) is 3.85. The Morgan fingerprint density at radius 1 is 1.09 bits per heavy atom. The predicted octanol–water partition coefficient (Wildman–Crippen LogP) is 4.19. The van der Waals surface area contributed by atoms with Gasteiger partial charge in [0.15, 0.2) is 0 Å². The summed E-state index contributed by atoms with van der Waals surface area (Å²) in [6, 6.07) is 12.4. The molecule has 0 amide bonds. The third-order valence-corrected chi connectivity index (χ3v) is 5.07. The Morgan fingerprint density at radius 3 is 2.39 bits per heavy atom. The van der Waals surface area contributed by atoms with E-state index in [4.69, 9.17) is 10.5 Å². The van der Waals surface area contributed by atoms with Gasteiger partial charge in [0.05, 0.1) is 18.1 Å². The van der Waals surface area contributed by atoms with E-state index in [0.717, 1.165) is 16.8 Å². The number of benzene rings is 2. The molecular formula is C19H23NO2S. The number of esters is 1. The van der Waals surface area contributed by atoms with Gasteiger partial charge in [-0.1, -0.05) is 41.5 Å². The summed E-state index contributed by atoms with van der Waals surface area (Å²) in [5, 5.41) is 0.00889. The van der Waals surface area contributed by atoms with Gasteiger partial charge in [0.2, 0.25) is 0 Å². The number of hydrogen-bond acceptors (Lipinski definition) is 4. The minimum atomic E-state index is -0.226. The lowest BCUT2D eigenvalue weighted by Crippen LogP contribution is -2.09. The number of carbonyl (C=O) groups is 1. The lowest BCUT2D eigenvalue weighted by molar-refractivity contribution is -0.137. The molecule has 2 aromatic rings. The minimum Gasteiger partial charge on any atom is -0.468 e. The normalized spacial score (nSPS) is 12.0. The van der Waals surface area contributed by atoms with Crippen LogP contribution in [-0.2, 0) is 9.53 Å². The molecule has 0 saturated heterocycles. The van der Waals surface area contributed by atoms with E-state index in [1.807, 2.05) is 19.1 Å². The Kier molecular flexibility index (Phi) is 5.72. The summed E-state index contributed by atoms with van der Waals surface area (Å²) in [6.45, 7) is 6.22. The Bertz CT molecular complexity index is 713. The lowest BCUT2D eigenvalue weighted by atomic mass is 9.96. The zero-order valence-electron chi connectivity index (χ0n) is 14.1. The number of rotatable bonds is 5. The Labute approximate surface area is 142 Å². The van der Waals surface area contributed by atoms with Crippen molar-refractivity contribution >= 4 is 23.4 Å². The lowest BCUT2D eigenvalue weighted by Gasteiger charge is -2.22. The average Bonchev–Trinajstić information content (AvgIpc) is 2.51. The van der Waals surface area contributed by atoms with Gasteiger partial charge in [-0.15, -0.1) is 11.8 Å². The summed E-state index contributed by atoms with van der Waals surface area (Å²) in [6.07, 6.45) is 0. The maximum absolute atomic E-state index is 11.6. The standard InChI is InChI=1S/C19H23NO2S/c1-12-5-7-15(14(3)9-12)19(23-11-18(21)22-4)16-10-13(2)6-8-17(16)20/h5-10,19H,11,20H2,1-4H3. The van der Waals surface area contributed by atoms with Crippen LogP contribution in [0, 0.1) is 20.8 Å². The molecule has 0 spiro atoms. The topological polar surface area (TPSA) is 52.3 Å². The molecule has 0 radical (unpaired) electrons. The SMILES string of the molecule is COC(=O)CSC(c1ccc(C)cc1C)c1cc(C)ccc1N. The first-order valence-corrected chi connectivity index (χ1v) is 8.59. The fourth-order valence-electron chi connectivity index (χ4n) is 2.60. The van der Waals surface area contributed by atoms with E-state index < -0.39 is 0 Å². The number of aryl methyl sites for hydroxylation is 3. The van der Waals surface area contributed by atoms with Crippen molar-refractivity contribution in [2.45, 2.75) is 26.0 Å². The number of methoxy groups -OCH3 is 1. The van der Waals surface area contributed by atoms with E-state index in [-0.39, 0.29) is 11.2 Å². The first-order chi connectivity index (χ1) is 10.9. The molecule has 3 nitrogen and oxygen atoms in total. The van der Waals surface area contributed by atoms with Gasteiger partial charge in [-0.05, 0) is 43.5 Å². The van der Waals surface area contributed by atoms with Gasteiger partial charge in [-0.2, -0.15) is 0 Å². The van der Waals surface area contributed by atoms with Crippen LogP contribution < -0.4 is 5.73 Å². The molecule has 23 heavy (non-hydrogen) atoms. The maximum atomic E-state index is 11.6. The number of hydrogen-bond donors (Lipinski definition) is 1. The molecule has 0 aromatic heterocycles. The minimum absolute atomic E-state index is 0.00889. The summed E-state index contributed by atoms with van der Waals surface area (Å²) in [5.74, 6) is 0.0676. The van der Waals surface area contributed by atoms with Crippen LogP contribution in [0.3, 0.4) is 0 Å². The second-order valence-electron chi connectivity index (χ2n) is 5.76. The maximum Gasteiger partial charge on any atom is 0.315 e. The molecule has 4 heteroatoms. The highest BCUT2D eigenvalue weighted by Crippen LogP contribution is 2.40. The number of anilines is 1. The summed E-state index contributed by atoms with van der Waals surface area (Å²) in [4.78, 5) is 11.6. The first-order valence-electron chi connectivity index (χ1n) is 7.54. The van der Waals surface area contributed by atoms with Crippen LogP contribution in [0.25, 0.3) is 0 Å². The van der Waals surface area contributed by atoms with Crippen molar-refractivity contribution in [2.24, 2.45) is 0 Å². The van der Waals surface area contributed by atoms with Crippen molar-refractivity contribution < 1.29 is 9.53 Å². The molecule has 0 aliphatic heterocycles. The third kappa shape index (κ3) is 4.29. The van der Waals surface area contributed by atoms with Crippen LogP contribution >= 0.6 is 11.8 Å². The molecule has 1 atom stereocenters. The van der Waals surface area contributed by atoms with Crippen molar-refractivity contribution in [1.29, 1.82) is 0 Å². The average molecular weight is 329 g/mol. The molecule has 0 saturated carbocycles. The number of nitrogen functional groups attached to an aromatic ring is 1. The van der Waals surface area contributed by atoms with Gasteiger partial charge in [0.25, 0.3) is 0 Å². The summed E-state index contributed by atoms with van der Waals surface area (Å²) >= 11 is 1.55. The zero-order valence-corrected chi connectivity index (χ0v) is 14.9. The molecule has 2 N–H and O–H groups in total. The van der Waals surface area contributed by atoms with Gasteiger partial charge in [0, 0.05) is 5.69 Å². The van der Waals surface area contributed by atoms with Gasteiger partial charge in [-0.25, -0.2) is 0 Å². The summed E-state index contributed by atoms with van der Waals surface area (Å²) < 4.78 is 4.78. The Balaban J connectivity index is 2.46. The van der Waals surface area contributed by atoms with Crippen LogP contribution in [-0.4, -0.2) is 18.8 Å². The quantitative estimate of drug-likeness (QED) is 0.660. The number of nitrogens with two attached hydrogens (primary N) is 1. The Hall–Kier alpha value is -1.94. The van der Waals surface area contributed by atoms with Crippen molar-refractivity contribution in [3.8, 4) is 0 Å². The van der Waals surface area contributed by atoms with Crippen LogP contribution in [0.4, 0.5) is 5.69 Å². The van der Waals surface area contributed by atoms with Crippen LogP contribution in [0.2, 0.25) is 0 Å². The number of carbonyl (C=O) groups excluding carboxylic acids is 1. The molecule has 0 bridgehead atoms. The monoisotopic (exact) mass is 329 g/mol. The highest BCUT2D eigenvalue weighted by molar-refractivity contribution is 8.00. The third-order valence-electron chi connectivity index (χ3n) is 3.83. The second-order valence-corrected chi connectivity index (χ2v) is 6.85. The zero-order chi connectivity index (χ0) is 17.0. The molecule has 0 aliphatic rings. The number of ether oxygens (including phenoxy) is 1. The molecule has 0 fully saturated rings. The van der Waals surface area contributed by atoms with E-state index in [0.29, 0.717) is 5.75 Å². The van der Waals surface area contributed by atoms with Gasteiger partial charge in [-0.3, -0.25) is 4.79 Å². The second kappa shape index (κ2) is 7.55. The molecule has 122 valence electrons. The molecule has 2 aromatic carbocycles. The first kappa shape index (κ1) is 17.4. The predicted molar refractivity (Wildman–Crippen MR) is 97.8 cm³/mol. The van der Waals surface area contributed by atoms with E-state index in [9.17, 15) is 4.79 Å². The van der Waals surface area contributed by atoms with Gasteiger partial charge >= 0.3 is 5.97 Å². The molecule has 0 aliphatic carbocycles. The van der Waals surface area contributed by atoms with Crippen LogP contribution in [0.1, 0.15) is 33.1 Å². The Morgan fingerprint density at radius 2 is 1.74 bits per heavy atom. The van der Waals surface area contributed by atoms with Gasteiger partial charge in [0.1, 0.15) is 0 Å². The van der Waals surface area contributed by atoms with Crippen LogP contribution in [0.5, 0.6) is 0 Å². The molecule has 2 rings (SSSR count). The van der Waals surface area contributed by atoms with Crippen LogP contribution in [0.15, 0.2) is 36.4 Å². The largest absolute Gasteiger partial charge is 0.468 e. The van der Waals surface area contributed by atoms with E-state index in [1.165, 1.54) is 23.8 Å². The van der Waals surface area contributed by atoms with Crippen molar-refractivity contribution in [1.82, 2.24) is 0 Å². The molecule has 1 unspecified atom stereocenters. The number of thioether (sulfide) groups is 1. The highest BCUT2D eigenvalue weighted by Gasteiger charge is 2.21. The van der Waals surface area contributed by atoms with Crippen molar-refractivity contribution in [2.75, 3.05) is 18.6 Å².